The molecule has 2 aromatic rings. The largest absolute Gasteiger partial charge is 0.306 e. The Morgan fingerprint density at radius 1 is 1.15 bits per heavy atom. The first kappa shape index (κ1) is 14.9. The Morgan fingerprint density at radius 3 is 2.35 bits per heavy atom. The molecule has 0 fully saturated rings. The molecule has 0 radical (unpaired) electrons. The van der Waals surface area contributed by atoms with Gasteiger partial charge in [-0.2, -0.15) is 0 Å². The van der Waals surface area contributed by atoms with Crippen molar-refractivity contribution in [1.82, 2.24) is 5.32 Å². The van der Waals surface area contributed by atoms with Crippen molar-refractivity contribution in [2.45, 2.75) is 19.9 Å². The minimum Gasteiger partial charge on any atom is -0.306 e. The molecule has 0 saturated heterocycles. The maximum absolute atomic E-state index is 14.0. The van der Waals surface area contributed by atoms with E-state index in [9.17, 15) is 8.78 Å². The number of nitrogens with one attached hydrogen (secondary N) is 1. The SMILES string of the molecule is CCNC(c1ccc(C)cc1Cl)c1c(F)cccc1F. The van der Waals surface area contributed by atoms with Crippen LogP contribution in [-0.2, 0) is 0 Å². The van der Waals surface area contributed by atoms with Gasteiger partial charge in [0.2, 0.25) is 0 Å². The molecule has 2 rings (SSSR count). The van der Waals surface area contributed by atoms with E-state index in [0.717, 1.165) is 5.56 Å². The summed E-state index contributed by atoms with van der Waals surface area (Å²) in [6.45, 7) is 4.37. The fourth-order valence-electron chi connectivity index (χ4n) is 2.22. The van der Waals surface area contributed by atoms with Crippen LogP contribution in [0.2, 0.25) is 5.02 Å². The topological polar surface area (TPSA) is 12.0 Å². The molecular formula is C16H16ClF2N. The summed E-state index contributed by atoms with van der Waals surface area (Å²) in [5.74, 6) is -1.15. The van der Waals surface area contributed by atoms with Crippen molar-refractivity contribution in [2.24, 2.45) is 0 Å². The van der Waals surface area contributed by atoms with Crippen LogP contribution in [0.1, 0.15) is 29.7 Å². The summed E-state index contributed by atoms with van der Waals surface area (Å²) in [7, 11) is 0. The third-order valence-electron chi connectivity index (χ3n) is 3.16. The van der Waals surface area contributed by atoms with E-state index in [1.807, 2.05) is 19.9 Å². The number of hydrogen-bond acceptors (Lipinski definition) is 1. The third kappa shape index (κ3) is 3.00. The van der Waals surface area contributed by atoms with E-state index in [4.69, 9.17) is 11.6 Å². The summed E-state index contributed by atoms with van der Waals surface area (Å²) >= 11 is 6.23. The van der Waals surface area contributed by atoms with Crippen LogP contribution in [0.25, 0.3) is 0 Å². The zero-order valence-electron chi connectivity index (χ0n) is 11.4. The molecule has 0 heterocycles. The lowest BCUT2D eigenvalue weighted by Crippen LogP contribution is -2.24. The smallest absolute Gasteiger partial charge is 0.131 e. The Kier molecular flexibility index (Phi) is 4.73. The average molecular weight is 296 g/mol. The molecule has 20 heavy (non-hydrogen) atoms. The first-order valence-corrected chi connectivity index (χ1v) is 6.85. The van der Waals surface area contributed by atoms with Gasteiger partial charge in [0.15, 0.2) is 0 Å². The van der Waals surface area contributed by atoms with Crippen molar-refractivity contribution in [3.8, 4) is 0 Å². The van der Waals surface area contributed by atoms with Gasteiger partial charge in [0.1, 0.15) is 11.6 Å². The molecule has 1 N–H and O–H groups in total. The van der Waals surface area contributed by atoms with E-state index in [2.05, 4.69) is 5.32 Å². The van der Waals surface area contributed by atoms with Crippen LogP contribution in [0.5, 0.6) is 0 Å². The second-order valence-corrected chi connectivity index (χ2v) is 5.06. The molecule has 1 nitrogen and oxygen atoms in total. The molecule has 1 unspecified atom stereocenters. The Morgan fingerprint density at radius 2 is 1.80 bits per heavy atom. The van der Waals surface area contributed by atoms with Crippen molar-refractivity contribution < 1.29 is 8.78 Å². The molecule has 0 spiro atoms. The quantitative estimate of drug-likeness (QED) is 0.867. The van der Waals surface area contributed by atoms with Gasteiger partial charge in [-0.05, 0) is 42.8 Å². The van der Waals surface area contributed by atoms with Gasteiger partial charge >= 0.3 is 0 Å². The molecule has 0 bridgehead atoms. The van der Waals surface area contributed by atoms with Gasteiger partial charge in [-0.25, -0.2) is 8.78 Å². The predicted molar refractivity (Wildman–Crippen MR) is 78.1 cm³/mol. The van der Waals surface area contributed by atoms with E-state index in [0.29, 0.717) is 17.1 Å². The van der Waals surface area contributed by atoms with Crippen LogP contribution in [0, 0.1) is 18.6 Å². The van der Waals surface area contributed by atoms with Crippen LogP contribution in [-0.4, -0.2) is 6.54 Å². The average Bonchev–Trinajstić information content (AvgIpc) is 2.38. The molecule has 0 aliphatic carbocycles. The van der Waals surface area contributed by atoms with Gasteiger partial charge in [-0.3, -0.25) is 0 Å². The molecule has 0 aromatic heterocycles. The highest BCUT2D eigenvalue weighted by atomic mass is 35.5. The summed E-state index contributed by atoms with van der Waals surface area (Å²) in [4.78, 5) is 0. The molecule has 0 amide bonds. The fraction of sp³-hybridized carbons (Fsp3) is 0.250. The van der Waals surface area contributed by atoms with Gasteiger partial charge < -0.3 is 5.32 Å². The van der Waals surface area contributed by atoms with Crippen LogP contribution in [0.4, 0.5) is 8.78 Å². The van der Waals surface area contributed by atoms with E-state index in [-0.39, 0.29) is 5.56 Å². The summed E-state index contributed by atoms with van der Waals surface area (Å²) in [6.07, 6.45) is 0. The lowest BCUT2D eigenvalue weighted by molar-refractivity contribution is 0.510. The summed E-state index contributed by atoms with van der Waals surface area (Å²) in [5, 5.41) is 3.59. The van der Waals surface area contributed by atoms with E-state index in [1.54, 1.807) is 12.1 Å². The third-order valence-corrected chi connectivity index (χ3v) is 3.49. The van der Waals surface area contributed by atoms with Crippen molar-refractivity contribution in [2.75, 3.05) is 6.54 Å². The number of rotatable bonds is 4. The van der Waals surface area contributed by atoms with Gasteiger partial charge in [-0.1, -0.05) is 36.7 Å². The molecule has 106 valence electrons. The Balaban J connectivity index is 2.56. The van der Waals surface area contributed by atoms with Crippen LogP contribution in [0.15, 0.2) is 36.4 Å². The number of hydrogen-bond donors (Lipinski definition) is 1. The molecule has 0 aliphatic rings. The van der Waals surface area contributed by atoms with Gasteiger partial charge in [0.25, 0.3) is 0 Å². The first-order chi connectivity index (χ1) is 9.54. The highest BCUT2D eigenvalue weighted by Crippen LogP contribution is 2.31. The highest BCUT2D eigenvalue weighted by molar-refractivity contribution is 6.31. The zero-order chi connectivity index (χ0) is 14.7. The minimum atomic E-state index is -0.603. The van der Waals surface area contributed by atoms with Crippen LogP contribution >= 0.6 is 11.6 Å². The normalized spacial score (nSPS) is 12.4. The van der Waals surface area contributed by atoms with E-state index >= 15 is 0 Å². The van der Waals surface area contributed by atoms with Crippen LogP contribution < -0.4 is 5.32 Å². The predicted octanol–water partition coefficient (Wildman–Crippen LogP) is 4.63. The van der Waals surface area contributed by atoms with Gasteiger partial charge in [0, 0.05) is 10.6 Å². The van der Waals surface area contributed by atoms with Crippen molar-refractivity contribution >= 4 is 11.6 Å². The van der Waals surface area contributed by atoms with Gasteiger partial charge in [-0.15, -0.1) is 0 Å². The highest BCUT2D eigenvalue weighted by Gasteiger charge is 2.22. The minimum absolute atomic E-state index is 0.0000954. The molecular weight excluding hydrogens is 280 g/mol. The maximum Gasteiger partial charge on any atom is 0.131 e. The maximum atomic E-state index is 14.0. The number of halogens is 3. The first-order valence-electron chi connectivity index (χ1n) is 6.48. The number of benzene rings is 2. The fourth-order valence-corrected chi connectivity index (χ4v) is 2.57. The Bertz CT molecular complexity index is 593. The lowest BCUT2D eigenvalue weighted by atomic mass is 9.96. The van der Waals surface area contributed by atoms with Gasteiger partial charge in [0.05, 0.1) is 6.04 Å². The standard InChI is InChI=1S/C16H16ClF2N/c1-3-20-16(11-8-7-10(2)9-12(11)17)15-13(18)5-4-6-14(15)19/h4-9,16,20H,3H2,1-2H3. The second kappa shape index (κ2) is 6.33. The van der Waals surface area contributed by atoms with Crippen molar-refractivity contribution in [3.05, 3.63) is 69.7 Å². The van der Waals surface area contributed by atoms with E-state index < -0.39 is 17.7 Å². The molecule has 0 aliphatic heterocycles. The Hall–Kier alpha value is -1.45. The monoisotopic (exact) mass is 295 g/mol. The zero-order valence-corrected chi connectivity index (χ0v) is 12.1. The van der Waals surface area contributed by atoms with Crippen molar-refractivity contribution in [3.63, 3.8) is 0 Å². The summed E-state index contributed by atoms with van der Waals surface area (Å²) in [6, 6.07) is 8.74. The van der Waals surface area contributed by atoms with Crippen molar-refractivity contribution in [1.29, 1.82) is 0 Å². The molecule has 0 saturated carbocycles. The molecule has 2 aromatic carbocycles. The summed E-state index contributed by atoms with van der Waals surface area (Å²) in [5.41, 5.74) is 1.67. The van der Waals surface area contributed by atoms with Crippen LogP contribution in [0.3, 0.4) is 0 Å². The Labute approximate surface area is 122 Å². The molecule has 4 heteroatoms. The summed E-state index contributed by atoms with van der Waals surface area (Å²) < 4.78 is 28.0. The lowest BCUT2D eigenvalue weighted by Gasteiger charge is -2.21. The molecule has 1 atom stereocenters. The number of aryl methyl sites for hydroxylation is 1. The van der Waals surface area contributed by atoms with E-state index in [1.165, 1.54) is 18.2 Å². The second-order valence-electron chi connectivity index (χ2n) is 4.65.